The Balaban J connectivity index is 1.53. The topological polar surface area (TPSA) is 104 Å². The quantitative estimate of drug-likeness (QED) is 0.354. The molecule has 1 aromatic rings. The number of nitrogens with zero attached hydrogens (tertiary/aromatic N) is 1. The number of amides is 1. The maximum atomic E-state index is 13.1. The number of ketones is 3. The van der Waals surface area contributed by atoms with E-state index >= 15 is 0 Å². The predicted molar refractivity (Wildman–Crippen MR) is 145 cm³/mol. The molecular formula is C26H35ClN2O5S2. The van der Waals surface area contributed by atoms with Crippen LogP contribution in [0.3, 0.4) is 0 Å². The number of aliphatic hydroxyl groups is 1. The Hall–Kier alpha value is -1.39. The van der Waals surface area contributed by atoms with Crippen LogP contribution in [0, 0.1) is 5.92 Å². The normalized spacial score (nSPS) is 21.7. The van der Waals surface area contributed by atoms with Crippen molar-refractivity contribution in [3.05, 3.63) is 35.9 Å². The van der Waals surface area contributed by atoms with Gasteiger partial charge in [0, 0.05) is 37.3 Å². The predicted octanol–water partition coefficient (Wildman–Crippen LogP) is 3.92. The fraction of sp³-hybridized carbons (Fsp3) is 0.615. The van der Waals surface area contributed by atoms with Gasteiger partial charge in [-0.1, -0.05) is 43.7 Å². The molecule has 3 unspecified atom stereocenters. The van der Waals surface area contributed by atoms with E-state index in [1.54, 1.807) is 28.7 Å². The highest BCUT2D eigenvalue weighted by Crippen LogP contribution is 2.52. The number of aliphatic hydroxyl groups excluding tert-OH is 1. The monoisotopic (exact) mass is 554 g/mol. The van der Waals surface area contributed by atoms with Gasteiger partial charge in [-0.15, -0.1) is 23.5 Å². The Morgan fingerprint density at radius 1 is 1.17 bits per heavy atom. The Morgan fingerprint density at radius 3 is 2.44 bits per heavy atom. The SMILES string of the molecule is CCCC(CC(=O)C1CC2(CN1Cl)SCCS2)C(O)C(=O)CCC(=O)N[C@H](C(C)=O)c1ccccc1. The van der Waals surface area contributed by atoms with Crippen molar-refractivity contribution < 1.29 is 24.3 Å². The lowest BCUT2D eigenvalue weighted by Gasteiger charge is -2.24. The average molecular weight is 555 g/mol. The summed E-state index contributed by atoms with van der Waals surface area (Å²) in [5.74, 6) is 0.413. The summed E-state index contributed by atoms with van der Waals surface area (Å²) in [6.45, 7) is 3.98. The van der Waals surface area contributed by atoms with Crippen molar-refractivity contribution in [2.24, 2.45) is 5.92 Å². The van der Waals surface area contributed by atoms with Gasteiger partial charge in [0.15, 0.2) is 17.3 Å². The van der Waals surface area contributed by atoms with E-state index in [-0.39, 0.29) is 34.9 Å². The second-order valence-corrected chi connectivity index (χ2v) is 13.2. The van der Waals surface area contributed by atoms with Crippen LogP contribution in [0.15, 0.2) is 30.3 Å². The third-order valence-electron chi connectivity index (χ3n) is 6.76. The fourth-order valence-corrected chi connectivity index (χ4v) is 8.64. The zero-order valence-corrected chi connectivity index (χ0v) is 23.2. The molecule has 1 amide bonds. The molecule has 7 nitrogen and oxygen atoms in total. The molecule has 2 heterocycles. The molecule has 0 aliphatic carbocycles. The first-order valence-corrected chi connectivity index (χ1v) is 14.8. The molecule has 2 saturated heterocycles. The summed E-state index contributed by atoms with van der Waals surface area (Å²) in [7, 11) is 0. The minimum atomic E-state index is -1.33. The van der Waals surface area contributed by atoms with Gasteiger partial charge in [0.25, 0.3) is 0 Å². The number of carbonyl (C=O) groups excluding carboxylic acids is 4. The number of hydrogen-bond acceptors (Lipinski definition) is 8. The van der Waals surface area contributed by atoms with E-state index in [0.29, 0.717) is 31.4 Å². The highest BCUT2D eigenvalue weighted by Gasteiger charge is 2.49. The van der Waals surface area contributed by atoms with Crippen LogP contribution < -0.4 is 5.32 Å². The molecule has 10 heteroatoms. The van der Waals surface area contributed by atoms with E-state index in [9.17, 15) is 24.3 Å². The Kier molecular flexibility index (Phi) is 10.9. The van der Waals surface area contributed by atoms with Gasteiger partial charge in [0.1, 0.15) is 12.1 Å². The van der Waals surface area contributed by atoms with E-state index in [0.717, 1.165) is 11.5 Å². The Labute approximate surface area is 226 Å². The van der Waals surface area contributed by atoms with Crippen molar-refractivity contribution in [2.75, 3.05) is 18.1 Å². The number of nitrogens with one attached hydrogen (secondary N) is 1. The van der Waals surface area contributed by atoms with Crippen LogP contribution >= 0.6 is 35.3 Å². The second kappa shape index (κ2) is 13.4. The van der Waals surface area contributed by atoms with Gasteiger partial charge >= 0.3 is 0 Å². The van der Waals surface area contributed by atoms with E-state index < -0.39 is 35.8 Å². The number of thioether (sulfide) groups is 2. The second-order valence-electron chi connectivity index (χ2n) is 9.54. The van der Waals surface area contributed by atoms with Crippen molar-refractivity contribution in [1.29, 1.82) is 0 Å². The molecule has 2 N–H and O–H groups in total. The van der Waals surface area contributed by atoms with Gasteiger partial charge in [-0.25, -0.2) is 4.42 Å². The fourth-order valence-electron chi connectivity index (χ4n) is 4.86. The lowest BCUT2D eigenvalue weighted by atomic mass is 9.86. The summed E-state index contributed by atoms with van der Waals surface area (Å²) >= 11 is 10.1. The third kappa shape index (κ3) is 7.57. The third-order valence-corrected chi connectivity index (χ3v) is 10.5. The first-order valence-electron chi connectivity index (χ1n) is 12.4. The maximum absolute atomic E-state index is 13.1. The molecule has 0 aromatic heterocycles. The van der Waals surface area contributed by atoms with Gasteiger partial charge in [0.2, 0.25) is 5.91 Å². The van der Waals surface area contributed by atoms with Crippen LogP contribution in [0.1, 0.15) is 64.0 Å². The molecular weight excluding hydrogens is 520 g/mol. The molecule has 198 valence electrons. The summed E-state index contributed by atoms with van der Waals surface area (Å²) in [6, 6.07) is 7.70. The molecule has 4 atom stereocenters. The first-order chi connectivity index (χ1) is 17.2. The van der Waals surface area contributed by atoms with Crippen LogP contribution in [0.4, 0.5) is 0 Å². The van der Waals surface area contributed by atoms with Gasteiger partial charge < -0.3 is 10.4 Å². The summed E-state index contributed by atoms with van der Waals surface area (Å²) in [5, 5.41) is 13.5. The summed E-state index contributed by atoms with van der Waals surface area (Å²) in [5.41, 5.74) is 0.669. The number of rotatable bonds is 13. The van der Waals surface area contributed by atoms with E-state index in [1.807, 2.05) is 36.5 Å². The van der Waals surface area contributed by atoms with Crippen molar-refractivity contribution in [3.63, 3.8) is 0 Å². The highest BCUT2D eigenvalue weighted by molar-refractivity contribution is 8.21. The van der Waals surface area contributed by atoms with Crippen LogP contribution in [0.5, 0.6) is 0 Å². The summed E-state index contributed by atoms with van der Waals surface area (Å²) in [6.07, 6.45) is 0.351. The van der Waals surface area contributed by atoms with Gasteiger partial charge in [-0.05, 0) is 43.0 Å². The molecule has 1 aromatic carbocycles. The minimum Gasteiger partial charge on any atom is -0.385 e. The number of Topliss-reactive ketones (excluding diaryl/α,β-unsaturated/α-hetero) is 3. The largest absolute Gasteiger partial charge is 0.385 e. The van der Waals surface area contributed by atoms with E-state index in [2.05, 4.69) is 5.32 Å². The molecule has 2 fully saturated rings. The van der Waals surface area contributed by atoms with Gasteiger partial charge in [-0.2, -0.15) is 0 Å². The smallest absolute Gasteiger partial charge is 0.221 e. The number of hydrogen-bond donors (Lipinski definition) is 2. The summed E-state index contributed by atoms with van der Waals surface area (Å²) < 4.78 is 1.55. The number of carbonyl (C=O) groups is 4. The van der Waals surface area contributed by atoms with E-state index in [1.165, 1.54) is 6.92 Å². The van der Waals surface area contributed by atoms with Gasteiger partial charge in [0.05, 0.1) is 10.1 Å². The van der Waals surface area contributed by atoms with E-state index in [4.69, 9.17) is 11.8 Å². The van der Waals surface area contributed by atoms with Crippen molar-refractivity contribution in [3.8, 4) is 0 Å². The number of benzene rings is 1. The Bertz CT molecular complexity index is 942. The molecule has 2 aliphatic heterocycles. The zero-order valence-electron chi connectivity index (χ0n) is 20.8. The molecule has 36 heavy (non-hydrogen) atoms. The van der Waals surface area contributed by atoms with Crippen molar-refractivity contribution in [1.82, 2.24) is 9.74 Å². The van der Waals surface area contributed by atoms with Crippen LogP contribution in [-0.2, 0) is 19.2 Å². The summed E-state index contributed by atoms with van der Waals surface area (Å²) in [4.78, 5) is 50.4. The molecule has 0 radical (unpaired) electrons. The van der Waals surface area contributed by atoms with Crippen molar-refractivity contribution in [2.45, 2.75) is 74.6 Å². The standard InChI is InChI=1S/C26H35ClN2O5S2/c1-3-7-19(14-22(32)20-15-26(16-29(20)27)35-12-13-36-26)25(34)21(31)10-11-23(33)28-24(17(2)30)18-8-5-4-6-9-18/h4-6,8-9,19-20,24-25,34H,3,7,10-16H2,1-2H3,(H,28,33)/t19?,20?,24-,25?/m1/s1. The molecule has 2 aliphatic rings. The van der Waals surface area contributed by atoms with Gasteiger partial charge in [-0.3, -0.25) is 19.2 Å². The van der Waals surface area contributed by atoms with Crippen LogP contribution in [0.25, 0.3) is 0 Å². The first kappa shape index (κ1) is 29.2. The zero-order chi connectivity index (χ0) is 26.3. The molecule has 3 rings (SSSR count). The lowest BCUT2D eigenvalue weighted by molar-refractivity contribution is -0.134. The van der Waals surface area contributed by atoms with Crippen LogP contribution in [-0.4, -0.2) is 67.1 Å². The Morgan fingerprint density at radius 2 is 1.83 bits per heavy atom. The molecule has 1 spiro atoms. The average Bonchev–Trinajstić information content (AvgIpc) is 3.45. The maximum Gasteiger partial charge on any atom is 0.221 e. The van der Waals surface area contributed by atoms with Crippen LogP contribution in [0.2, 0.25) is 0 Å². The molecule has 0 saturated carbocycles. The minimum absolute atomic E-state index is 0.0401. The number of halogens is 1. The molecule has 0 bridgehead atoms. The van der Waals surface area contributed by atoms with Crippen molar-refractivity contribution >= 4 is 58.6 Å². The lowest BCUT2D eigenvalue weighted by Crippen LogP contribution is -2.37. The highest BCUT2D eigenvalue weighted by atomic mass is 35.5.